The lowest BCUT2D eigenvalue weighted by molar-refractivity contribution is -0.206. The van der Waals surface area contributed by atoms with Gasteiger partial charge >= 0.3 is 6.18 Å². The van der Waals surface area contributed by atoms with Gasteiger partial charge in [0.05, 0.1) is 5.69 Å². The number of hydrogen-bond donors (Lipinski definition) is 2. The van der Waals surface area contributed by atoms with E-state index in [1.165, 1.54) is 18.2 Å². The fraction of sp³-hybridized carbons (Fsp3) is 0.235. The molecule has 0 aromatic heterocycles. The van der Waals surface area contributed by atoms with E-state index in [1.807, 2.05) is 0 Å². The molecule has 0 saturated heterocycles. The van der Waals surface area contributed by atoms with Gasteiger partial charge in [0, 0.05) is 0 Å². The number of carbonyl (C=O) groups is 1. The summed E-state index contributed by atoms with van der Waals surface area (Å²) in [5, 5.41) is 12.1. The Hall–Kier alpha value is -2.54. The van der Waals surface area contributed by atoms with Gasteiger partial charge in [0.2, 0.25) is 0 Å². The number of carbonyl (C=O) groups excluding carboxylic acids is 1. The molecule has 1 atom stereocenters. The molecule has 3 rings (SSSR count). The number of halogens is 3. The van der Waals surface area contributed by atoms with E-state index in [4.69, 9.17) is 4.74 Å². The van der Waals surface area contributed by atoms with E-state index in [0.717, 1.165) is 5.56 Å². The maximum atomic E-state index is 12.7. The first-order valence-electron chi connectivity index (χ1n) is 7.18. The second-order valence-electron chi connectivity index (χ2n) is 5.58. The van der Waals surface area contributed by atoms with Crippen LogP contribution in [0.25, 0.3) is 11.1 Å². The molecule has 7 heteroatoms. The van der Waals surface area contributed by atoms with Crippen LogP contribution >= 0.6 is 0 Å². The van der Waals surface area contributed by atoms with Crippen LogP contribution in [0.1, 0.15) is 17.2 Å². The van der Waals surface area contributed by atoms with Gasteiger partial charge in [-0.05, 0) is 47.4 Å². The second kappa shape index (κ2) is 5.83. The topological polar surface area (TPSA) is 58.6 Å². The van der Waals surface area contributed by atoms with Crippen molar-refractivity contribution in [3.8, 4) is 16.9 Å². The molecule has 0 aliphatic carbocycles. The summed E-state index contributed by atoms with van der Waals surface area (Å²) >= 11 is 0. The van der Waals surface area contributed by atoms with Crippen LogP contribution < -0.4 is 10.1 Å². The first-order chi connectivity index (χ1) is 11.3. The van der Waals surface area contributed by atoms with Crippen LogP contribution in [0.5, 0.6) is 5.75 Å². The van der Waals surface area contributed by atoms with Gasteiger partial charge in [-0.15, -0.1) is 0 Å². The summed E-state index contributed by atoms with van der Waals surface area (Å²) in [7, 11) is 0. The highest BCUT2D eigenvalue weighted by Crippen LogP contribution is 2.38. The molecule has 0 bridgehead atoms. The van der Waals surface area contributed by atoms with E-state index in [1.54, 1.807) is 25.1 Å². The molecular formula is C17H14F3NO3. The van der Waals surface area contributed by atoms with E-state index in [2.05, 4.69) is 5.32 Å². The van der Waals surface area contributed by atoms with Crippen molar-refractivity contribution in [3.05, 3.63) is 47.5 Å². The van der Waals surface area contributed by atoms with Crippen LogP contribution in [0, 0.1) is 6.92 Å². The number of ether oxygens (including phenoxy) is 1. The van der Waals surface area contributed by atoms with E-state index in [0.29, 0.717) is 22.6 Å². The summed E-state index contributed by atoms with van der Waals surface area (Å²) in [5.74, 6) is 0.255. The summed E-state index contributed by atoms with van der Waals surface area (Å²) in [6, 6.07) is 8.99. The number of fused-ring (bicyclic) bond motifs is 1. The zero-order valence-electron chi connectivity index (χ0n) is 12.6. The minimum atomic E-state index is -4.73. The van der Waals surface area contributed by atoms with Crippen molar-refractivity contribution in [1.82, 2.24) is 0 Å². The van der Waals surface area contributed by atoms with Gasteiger partial charge in [-0.25, -0.2) is 0 Å². The Morgan fingerprint density at radius 3 is 2.67 bits per heavy atom. The number of aliphatic hydroxyl groups is 1. The van der Waals surface area contributed by atoms with Crippen LogP contribution in [-0.2, 0) is 4.79 Å². The van der Waals surface area contributed by atoms with Gasteiger partial charge in [0.1, 0.15) is 5.75 Å². The summed E-state index contributed by atoms with van der Waals surface area (Å²) in [4.78, 5) is 11.4. The molecular weight excluding hydrogens is 323 g/mol. The molecule has 2 N–H and O–H groups in total. The summed E-state index contributed by atoms with van der Waals surface area (Å²) in [5.41, 5.74) is 2.11. The Morgan fingerprint density at radius 2 is 1.96 bits per heavy atom. The quantitative estimate of drug-likeness (QED) is 0.880. The monoisotopic (exact) mass is 337 g/mol. The number of alkyl halides is 3. The predicted octanol–water partition coefficient (Wildman–Crippen LogP) is 3.59. The molecule has 1 amide bonds. The van der Waals surface area contributed by atoms with E-state index in [-0.39, 0.29) is 18.1 Å². The van der Waals surface area contributed by atoms with Gasteiger partial charge in [0.25, 0.3) is 5.91 Å². The molecule has 1 unspecified atom stereocenters. The first-order valence-corrected chi connectivity index (χ1v) is 7.18. The maximum absolute atomic E-state index is 12.7. The summed E-state index contributed by atoms with van der Waals surface area (Å²) in [6.45, 7) is 1.72. The normalized spacial score (nSPS) is 15.3. The fourth-order valence-corrected chi connectivity index (χ4v) is 2.63. The lowest BCUT2D eigenvalue weighted by Crippen LogP contribution is -2.25. The Bertz CT molecular complexity index is 802. The van der Waals surface area contributed by atoms with Crippen molar-refractivity contribution in [1.29, 1.82) is 0 Å². The number of aryl methyl sites for hydroxylation is 1. The molecule has 0 spiro atoms. The average molecular weight is 337 g/mol. The molecule has 1 aliphatic rings. The number of hydrogen-bond acceptors (Lipinski definition) is 3. The van der Waals surface area contributed by atoms with Crippen LogP contribution in [0.4, 0.5) is 18.9 Å². The molecule has 2 aromatic rings. The molecule has 0 saturated carbocycles. The van der Waals surface area contributed by atoms with Crippen molar-refractivity contribution in [2.75, 3.05) is 11.9 Å². The van der Waals surface area contributed by atoms with Crippen LogP contribution in [0.3, 0.4) is 0 Å². The molecule has 24 heavy (non-hydrogen) atoms. The van der Waals surface area contributed by atoms with Crippen LogP contribution in [0.15, 0.2) is 36.4 Å². The number of anilines is 1. The first kappa shape index (κ1) is 16.3. The van der Waals surface area contributed by atoms with Crippen molar-refractivity contribution < 1.29 is 27.8 Å². The lowest BCUT2D eigenvalue weighted by atomic mass is 9.98. The standard InChI is InChI=1S/C17H14F3NO3/c1-9-5-12(7-13-15(9)24-8-14(22)21-13)10-3-2-4-11(6-10)16(23)17(18,19)20/h2-7,16,23H,8H2,1H3,(H,21,22). The third-order valence-electron chi connectivity index (χ3n) is 3.74. The highest BCUT2D eigenvalue weighted by atomic mass is 19.4. The third-order valence-corrected chi connectivity index (χ3v) is 3.74. The number of rotatable bonds is 2. The highest BCUT2D eigenvalue weighted by molar-refractivity contribution is 5.96. The Morgan fingerprint density at radius 1 is 1.21 bits per heavy atom. The highest BCUT2D eigenvalue weighted by Gasteiger charge is 2.39. The Balaban J connectivity index is 2.02. The van der Waals surface area contributed by atoms with E-state index < -0.39 is 12.3 Å². The molecule has 2 aromatic carbocycles. The molecule has 1 aliphatic heterocycles. The van der Waals surface area contributed by atoms with Gasteiger partial charge in [-0.1, -0.05) is 18.2 Å². The average Bonchev–Trinajstić information content (AvgIpc) is 2.53. The number of amides is 1. The number of benzene rings is 2. The van der Waals surface area contributed by atoms with Gasteiger partial charge in [-0.3, -0.25) is 4.79 Å². The molecule has 126 valence electrons. The minimum absolute atomic E-state index is 0.0690. The number of aliphatic hydroxyl groups excluding tert-OH is 1. The summed E-state index contributed by atoms with van der Waals surface area (Å²) < 4.78 is 43.4. The zero-order chi connectivity index (χ0) is 17.5. The SMILES string of the molecule is Cc1cc(-c2cccc(C(O)C(F)(F)F)c2)cc2c1OCC(=O)N2. The molecule has 1 heterocycles. The van der Waals surface area contributed by atoms with Gasteiger partial charge in [0.15, 0.2) is 12.7 Å². The predicted molar refractivity (Wildman–Crippen MR) is 81.8 cm³/mol. The van der Waals surface area contributed by atoms with Crippen molar-refractivity contribution in [2.24, 2.45) is 0 Å². The Labute approximate surface area is 135 Å². The molecule has 4 nitrogen and oxygen atoms in total. The zero-order valence-corrected chi connectivity index (χ0v) is 12.6. The second-order valence-corrected chi connectivity index (χ2v) is 5.58. The van der Waals surface area contributed by atoms with Crippen LogP contribution in [-0.4, -0.2) is 23.8 Å². The van der Waals surface area contributed by atoms with Crippen LogP contribution in [0.2, 0.25) is 0 Å². The lowest BCUT2D eigenvalue weighted by Gasteiger charge is -2.21. The number of nitrogens with one attached hydrogen (secondary N) is 1. The summed E-state index contributed by atoms with van der Waals surface area (Å²) in [6.07, 6.45) is -7.27. The Kier molecular flexibility index (Phi) is 3.96. The molecule has 0 radical (unpaired) electrons. The van der Waals surface area contributed by atoms with E-state index >= 15 is 0 Å². The fourth-order valence-electron chi connectivity index (χ4n) is 2.63. The largest absolute Gasteiger partial charge is 0.481 e. The van der Waals surface area contributed by atoms with Crippen molar-refractivity contribution >= 4 is 11.6 Å². The smallest absolute Gasteiger partial charge is 0.418 e. The third kappa shape index (κ3) is 3.07. The minimum Gasteiger partial charge on any atom is -0.481 e. The maximum Gasteiger partial charge on any atom is 0.418 e. The van der Waals surface area contributed by atoms with E-state index in [9.17, 15) is 23.1 Å². The van der Waals surface area contributed by atoms with Crippen molar-refractivity contribution in [2.45, 2.75) is 19.2 Å². The van der Waals surface area contributed by atoms with Crippen molar-refractivity contribution in [3.63, 3.8) is 0 Å². The van der Waals surface area contributed by atoms with Gasteiger partial charge in [-0.2, -0.15) is 13.2 Å². The molecule has 0 fully saturated rings. The van der Waals surface area contributed by atoms with Gasteiger partial charge < -0.3 is 15.2 Å².